The van der Waals surface area contributed by atoms with E-state index in [-0.39, 0.29) is 17.6 Å². The molecule has 2 aromatic rings. The number of halogens is 1. The lowest BCUT2D eigenvalue weighted by Crippen LogP contribution is -2.14. The van der Waals surface area contributed by atoms with Crippen LogP contribution in [0.4, 0.5) is 4.39 Å². The van der Waals surface area contributed by atoms with E-state index in [4.69, 9.17) is 10.5 Å². The normalized spacial score (nSPS) is 12.2. The van der Waals surface area contributed by atoms with Crippen LogP contribution in [0.3, 0.4) is 0 Å². The average Bonchev–Trinajstić information content (AvgIpc) is 2.46. The van der Waals surface area contributed by atoms with Crippen LogP contribution in [-0.2, 0) is 6.42 Å². The molecule has 0 fully saturated rings. The second-order valence-corrected chi connectivity index (χ2v) is 4.42. The number of hydrogen-bond acceptors (Lipinski definition) is 2. The molecule has 0 radical (unpaired) electrons. The van der Waals surface area contributed by atoms with E-state index in [1.54, 1.807) is 12.1 Å². The van der Waals surface area contributed by atoms with E-state index >= 15 is 0 Å². The Morgan fingerprint density at radius 1 is 1.21 bits per heavy atom. The minimum absolute atomic E-state index is 0.236. The zero-order valence-electron chi connectivity index (χ0n) is 11.2. The lowest BCUT2D eigenvalue weighted by molar-refractivity contribution is 0.386. The summed E-state index contributed by atoms with van der Waals surface area (Å²) in [5, 5.41) is 0. The van der Waals surface area contributed by atoms with Crippen LogP contribution in [0.5, 0.6) is 5.75 Å². The smallest absolute Gasteiger partial charge is 0.165 e. The molecule has 3 heteroatoms. The first-order chi connectivity index (χ1) is 9.17. The number of aryl methyl sites for hydroxylation is 1. The van der Waals surface area contributed by atoms with Gasteiger partial charge in [0.15, 0.2) is 11.6 Å². The molecule has 0 saturated heterocycles. The fraction of sp³-hybridized carbons (Fsp3) is 0.250. The third kappa shape index (κ3) is 2.76. The monoisotopic (exact) mass is 259 g/mol. The largest absolute Gasteiger partial charge is 0.494 e. The Balaban J connectivity index is 2.38. The first kappa shape index (κ1) is 13.6. The molecule has 0 aliphatic rings. The molecule has 0 spiro atoms. The fourth-order valence-electron chi connectivity index (χ4n) is 2.22. The van der Waals surface area contributed by atoms with Crippen molar-refractivity contribution in [2.75, 3.05) is 7.11 Å². The van der Waals surface area contributed by atoms with Gasteiger partial charge in [-0.15, -0.1) is 0 Å². The second-order valence-electron chi connectivity index (χ2n) is 4.42. The zero-order valence-corrected chi connectivity index (χ0v) is 11.2. The highest BCUT2D eigenvalue weighted by Gasteiger charge is 2.14. The van der Waals surface area contributed by atoms with E-state index in [2.05, 4.69) is 13.0 Å². The molecule has 2 nitrogen and oxygen atoms in total. The summed E-state index contributed by atoms with van der Waals surface area (Å²) >= 11 is 0. The van der Waals surface area contributed by atoms with Crippen LogP contribution in [0.25, 0.3) is 0 Å². The Labute approximate surface area is 113 Å². The first-order valence-corrected chi connectivity index (χ1v) is 6.34. The molecule has 0 aliphatic heterocycles. The van der Waals surface area contributed by atoms with E-state index < -0.39 is 0 Å². The molecule has 19 heavy (non-hydrogen) atoms. The second kappa shape index (κ2) is 5.85. The topological polar surface area (TPSA) is 35.2 Å². The summed E-state index contributed by atoms with van der Waals surface area (Å²) in [6.07, 6.45) is 0.905. The van der Waals surface area contributed by atoms with Crippen LogP contribution in [0.15, 0.2) is 42.5 Å². The minimum Gasteiger partial charge on any atom is -0.494 e. The average molecular weight is 259 g/mol. The molecule has 2 rings (SSSR count). The van der Waals surface area contributed by atoms with Crippen molar-refractivity contribution in [3.05, 3.63) is 65.0 Å². The maximum atomic E-state index is 13.7. The Kier molecular flexibility index (Phi) is 4.17. The summed E-state index contributed by atoms with van der Waals surface area (Å²) in [4.78, 5) is 0. The van der Waals surface area contributed by atoms with E-state index in [9.17, 15) is 4.39 Å². The highest BCUT2D eigenvalue weighted by molar-refractivity contribution is 5.39. The van der Waals surface area contributed by atoms with Gasteiger partial charge in [0.2, 0.25) is 0 Å². The van der Waals surface area contributed by atoms with Gasteiger partial charge in [-0.1, -0.05) is 37.3 Å². The highest BCUT2D eigenvalue weighted by atomic mass is 19.1. The summed E-state index contributed by atoms with van der Waals surface area (Å²) in [6, 6.07) is 12.5. The Morgan fingerprint density at radius 2 is 1.95 bits per heavy atom. The molecule has 0 saturated carbocycles. The van der Waals surface area contributed by atoms with Crippen molar-refractivity contribution in [2.45, 2.75) is 19.4 Å². The summed E-state index contributed by atoms with van der Waals surface area (Å²) in [5.74, 6) is -0.149. The van der Waals surface area contributed by atoms with Crippen molar-refractivity contribution in [3.8, 4) is 5.75 Å². The molecule has 1 unspecified atom stereocenters. The Morgan fingerprint density at radius 3 is 2.58 bits per heavy atom. The van der Waals surface area contributed by atoms with Crippen LogP contribution in [0, 0.1) is 5.82 Å². The molecule has 0 aliphatic carbocycles. The van der Waals surface area contributed by atoms with Gasteiger partial charge in [0.05, 0.1) is 13.2 Å². The number of nitrogens with two attached hydrogens (primary N) is 1. The number of benzene rings is 2. The van der Waals surface area contributed by atoms with Gasteiger partial charge >= 0.3 is 0 Å². The van der Waals surface area contributed by atoms with Crippen molar-refractivity contribution < 1.29 is 9.13 Å². The van der Waals surface area contributed by atoms with Crippen LogP contribution in [0.1, 0.15) is 29.7 Å². The van der Waals surface area contributed by atoms with Crippen molar-refractivity contribution in [1.29, 1.82) is 0 Å². The van der Waals surface area contributed by atoms with Crippen LogP contribution >= 0.6 is 0 Å². The first-order valence-electron chi connectivity index (χ1n) is 6.34. The van der Waals surface area contributed by atoms with Gasteiger partial charge in [-0.05, 0) is 35.2 Å². The summed E-state index contributed by atoms with van der Waals surface area (Å²) in [7, 11) is 1.45. The highest BCUT2D eigenvalue weighted by Crippen LogP contribution is 2.26. The summed E-state index contributed by atoms with van der Waals surface area (Å²) < 4.78 is 18.6. The Hall–Kier alpha value is -1.87. The fourth-order valence-corrected chi connectivity index (χ4v) is 2.22. The van der Waals surface area contributed by atoms with Crippen LogP contribution < -0.4 is 10.5 Å². The van der Waals surface area contributed by atoms with Crippen molar-refractivity contribution >= 4 is 0 Å². The lowest BCUT2D eigenvalue weighted by atomic mass is 9.94. The van der Waals surface area contributed by atoms with Gasteiger partial charge in [0.1, 0.15) is 0 Å². The number of hydrogen-bond donors (Lipinski definition) is 1. The van der Waals surface area contributed by atoms with Crippen molar-refractivity contribution in [3.63, 3.8) is 0 Å². The van der Waals surface area contributed by atoms with Gasteiger partial charge in [0, 0.05) is 0 Å². The quantitative estimate of drug-likeness (QED) is 0.912. The summed E-state index contributed by atoms with van der Waals surface area (Å²) in [6.45, 7) is 2.08. The molecule has 0 aromatic heterocycles. The van der Waals surface area contributed by atoms with Crippen molar-refractivity contribution in [2.24, 2.45) is 5.73 Å². The predicted molar refractivity (Wildman–Crippen MR) is 74.8 cm³/mol. The Bertz CT molecular complexity index is 568. The molecule has 2 aromatic carbocycles. The van der Waals surface area contributed by atoms with Gasteiger partial charge in [-0.25, -0.2) is 4.39 Å². The zero-order chi connectivity index (χ0) is 13.8. The third-order valence-electron chi connectivity index (χ3n) is 3.31. The van der Waals surface area contributed by atoms with Gasteiger partial charge in [-0.2, -0.15) is 0 Å². The maximum absolute atomic E-state index is 13.7. The molecular weight excluding hydrogens is 241 g/mol. The van der Waals surface area contributed by atoms with Crippen molar-refractivity contribution in [1.82, 2.24) is 0 Å². The molecule has 100 valence electrons. The van der Waals surface area contributed by atoms with E-state index in [1.165, 1.54) is 18.7 Å². The van der Waals surface area contributed by atoms with E-state index in [0.29, 0.717) is 0 Å². The van der Waals surface area contributed by atoms with Crippen LogP contribution in [0.2, 0.25) is 0 Å². The lowest BCUT2D eigenvalue weighted by Gasteiger charge is -2.17. The molecule has 0 bridgehead atoms. The van der Waals surface area contributed by atoms with E-state index in [1.807, 2.05) is 18.2 Å². The number of ether oxygens (including phenoxy) is 1. The van der Waals surface area contributed by atoms with Gasteiger partial charge in [-0.3, -0.25) is 0 Å². The molecule has 0 amide bonds. The number of rotatable bonds is 4. The van der Waals surface area contributed by atoms with Gasteiger partial charge < -0.3 is 10.5 Å². The predicted octanol–water partition coefficient (Wildman–Crippen LogP) is 3.44. The molecular formula is C16H18FNO. The van der Waals surface area contributed by atoms with Crippen LogP contribution in [-0.4, -0.2) is 7.11 Å². The SMILES string of the molecule is CCc1ccccc1C(N)c1ccc(OC)c(F)c1. The third-order valence-corrected chi connectivity index (χ3v) is 3.31. The standard InChI is InChI=1S/C16H18FNO/c1-3-11-6-4-5-7-13(11)16(18)12-8-9-15(19-2)14(17)10-12/h4-10,16H,3,18H2,1-2H3. The molecule has 0 heterocycles. The van der Waals surface area contributed by atoms with E-state index in [0.717, 1.165) is 17.5 Å². The van der Waals surface area contributed by atoms with Gasteiger partial charge in [0.25, 0.3) is 0 Å². The minimum atomic E-state index is -0.385. The molecule has 2 N–H and O–H groups in total. The maximum Gasteiger partial charge on any atom is 0.165 e. The molecule has 1 atom stereocenters. The number of methoxy groups -OCH3 is 1. The summed E-state index contributed by atoms with van der Waals surface area (Å²) in [5.41, 5.74) is 9.22.